The zero-order valence-corrected chi connectivity index (χ0v) is 13.3. The number of ether oxygens (including phenoxy) is 1. The van der Waals surface area contributed by atoms with Gasteiger partial charge in [0.05, 0.1) is 18.9 Å². The second kappa shape index (κ2) is 7.09. The van der Waals surface area contributed by atoms with Crippen molar-refractivity contribution in [2.75, 3.05) is 12.9 Å². The fourth-order valence-corrected chi connectivity index (χ4v) is 1.83. The van der Waals surface area contributed by atoms with Crippen LogP contribution in [0.1, 0.15) is 41.0 Å². The van der Waals surface area contributed by atoms with Crippen LogP contribution in [0.2, 0.25) is 0 Å². The zero-order chi connectivity index (χ0) is 15.3. The first-order valence-corrected chi connectivity index (χ1v) is 8.04. The SMILES string of the molecule is CC(C)C[C@H](COS(C)(=O)=O)NC(=O)OC(C)(C)C. The molecule has 0 aromatic heterocycles. The van der Waals surface area contributed by atoms with Crippen LogP contribution in [0.5, 0.6) is 0 Å². The Morgan fingerprint density at radius 3 is 2.16 bits per heavy atom. The Bertz CT molecular complexity index is 383. The number of carbonyl (C=O) groups is 1. The zero-order valence-electron chi connectivity index (χ0n) is 12.5. The molecular weight excluding hydrogens is 270 g/mol. The molecule has 0 saturated heterocycles. The van der Waals surface area contributed by atoms with E-state index in [9.17, 15) is 13.2 Å². The van der Waals surface area contributed by atoms with Gasteiger partial charge in [-0.05, 0) is 33.1 Å². The van der Waals surface area contributed by atoms with E-state index >= 15 is 0 Å². The van der Waals surface area contributed by atoms with Gasteiger partial charge in [-0.2, -0.15) is 8.42 Å². The molecule has 1 atom stereocenters. The van der Waals surface area contributed by atoms with Crippen molar-refractivity contribution in [2.45, 2.75) is 52.7 Å². The van der Waals surface area contributed by atoms with Gasteiger partial charge in [-0.3, -0.25) is 4.18 Å². The van der Waals surface area contributed by atoms with Crippen molar-refractivity contribution in [3.8, 4) is 0 Å². The summed E-state index contributed by atoms with van der Waals surface area (Å²) < 4.78 is 31.8. The van der Waals surface area contributed by atoms with Crippen molar-refractivity contribution in [3.63, 3.8) is 0 Å². The average Bonchev–Trinajstić information content (AvgIpc) is 2.08. The Morgan fingerprint density at radius 2 is 1.79 bits per heavy atom. The van der Waals surface area contributed by atoms with E-state index < -0.39 is 27.9 Å². The molecule has 0 heterocycles. The van der Waals surface area contributed by atoms with E-state index in [1.54, 1.807) is 20.8 Å². The summed E-state index contributed by atoms with van der Waals surface area (Å²) in [7, 11) is -3.52. The van der Waals surface area contributed by atoms with E-state index in [-0.39, 0.29) is 6.61 Å². The number of amides is 1. The van der Waals surface area contributed by atoms with Gasteiger partial charge in [0.2, 0.25) is 0 Å². The molecule has 0 aliphatic heterocycles. The van der Waals surface area contributed by atoms with Crippen LogP contribution in [0.25, 0.3) is 0 Å². The standard InChI is InChI=1S/C12H25NO5S/c1-9(2)7-10(8-17-19(6,15)16)13-11(14)18-12(3,4)5/h9-10H,7-8H2,1-6H3,(H,13,14)/t10-/m1/s1. The van der Waals surface area contributed by atoms with Gasteiger partial charge in [-0.25, -0.2) is 4.79 Å². The number of nitrogens with one attached hydrogen (secondary N) is 1. The number of carbonyl (C=O) groups excluding carboxylic acids is 1. The lowest BCUT2D eigenvalue weighted by atomic mass is 10.0. The fraction of sp³-hybridized carbons (Fsp3) is 0.917. The van der Waals surface area contributed by atoms with Crippen molar-refractivity contribution in [1.82, 2.24) is 5.32 Å². The van der Waals surface area contributed by atoms with Gasteiger partial charge < -0.3 is 10.1 Å². The normalized spacial score (nSPS) is 14.3. The molecule has 7 heteroatoms. The predicted molar refractivity (Wildman–Crippen MR) is 73.4 cm³/mol. The second-order valence-corrected chi connectivity index (χ2v) is 7.61. The first-order chi connectivity index (χ1) is 8.39. The van der Waals surface area contributed by atoms with Crippen LogP contribution in [-0.2, 0) is 19.0 Å². The van der Waals surface area contributed by atoms with Crippen LogP contribution in [0.3, 0.4) is 0 Å². The minimum Gasteiger partial charge on any atom is -0.444 e. The molecule has 1 amide bonds. The smallest absolute Gasteiger partial charge is 0.407 e. The van der Waals surface area contributed by atoms with Gasteiger partial charge in [-0.1, -0.05) is 13.8 Å². The molecule has 0 saturated carbocycles. The molecule has 0 fully saturated rings. The highest BCUT2D eigenvalue weighted by molar-refractivity contribution is 7.85. The number of hydrogen-bond donors (Lipinski definition) is 1. The van der Waals surface area contributed by atoms with Gasteiger partial charge in [0.25, 0.3) is 10.1 Å². The lowest BCUT2D eigenvalue weighted by molar-refractivity contribution is 0.0481. The summed E-state index contributed by atoms with van der Waals surface area (Å²) in [5.41, 5.74) is -0.593. The minimum atomic E-state index is -3.52. The molecule has 0 aromatic carbocycles. The van der Waals surface area contributed by atoms with Crippen molar-refractivity contribution in [3.05, 3.63) is 0 Å². The summed E-state index contributed by atoms with van der Waals surface area (Å²) in [6, 6.07) is -0.399. The second-order valence-electron chi connectivity index (χ2n) is 5.96. The van der Waals surface area contributed by atoms with E-state index in [0.717, 1.165) is 6.26 Å². The summed E-state index contributed by atoms with van der Waals surface area (Å²) in [5.74, 6) is 0.295. The Balaban J connectivity index is 4.47. The molecule has 0 radical (unpaired) electrons. The topological polar surface area (TPSA) is 81.7 Å². The maximum absolute atomic E-state index is 11.6. The fourth-order valence-electron chi connectivity index (χ4n) is 1.42. The highest BCUT2D eigenvalue weighted by Gasteiger charge is 2.21. The van der Waals surface area contributed by atoms with Crippen LogP contribution in [0, 0.1) is 5.92 Å². The molecular formula is C12H25NO5S. The number of alkyl carbamates (subject to hydrolysis) is 1. The van der Waals surface area contributed by atoms with Crippen LogP contribution in [0.15, 0.2) is 0 Å². The van der Waals surface area contributed by atoms with Crippen molar-refractivity contribution >= 4 is 16.2 Å². The molecule has 0 aromatic rings. The molecule has 19 heavy (non-hydrogen) atoms. The van der Waals surface area contributed by atoms with Crippen LogP contribution in [-0.4, -0.2) is 39.0 Å². The maximum Gasteiger partial charge on any atom is 0.407 e. The first kappa shape index (κ1) is 18.2. The van der Waals surface area contributed by atoms with E-state index in [0.29, 0.717) is 12.3 Å². The van der Waals surface area contributed by atoms with Crippen molar-refractivity contribution < 1.29 is 22.1 Å². The molecule has 0 unspecified atom stereocenters. The summed E-state index contributed by atoms with van der Waals surface area (Å²) in [5, 5.41) is 2.63. The lowest BCUT2D eigenvalue weighted by Crippen LogP contribution is -2.42. The van der Waals surface area contributed by atoms with Gasteiger partial charge in [0, 0.05) is 0 Å². The Hall–Kier alpha value is -0.820. The highest BCUT2D eigenvalue weighted by atomic mass is 32.2. The maximum atomic E-state index is 11.6. The van der Waals surface area contributed by atoms with Crippen LogP contribution < -0.4 is 5.32 Å². The average molecular weight is 295 g/mol. The van der Waals surface area contributed by atoms with Crippen LogP contribution >= 0.6 is 0 Å². The Morgan fingerprint density at radius 1 is 1.26 bits per heavy atom. The Labute approximate surface area is 116 Å². The summed E-state index contributed by atoms with van der Waals surface area (Å²) >= 11 is 0. The third kappa shape index (κ3) is 12.0. The van der Waals surface area contributed by atoms with Crippen LogP contribution in [0.4, 0.5) is 4.79 Å². The van der Waals surface area contributed by atoms with E-state index in [1.807, 2.05) is 13.8 Å². The third-order valence-electron chi connectivity index (χ3n) is 1.96. The molecule has 0 aliphatic rings. The van der Waals surface area contributed by atoms with E-state index in [2.05, 4.69) is 5.32 Å². The third-order valence-corrected chi connectivity index (χ3v) is 2.52. The molecule has 0 rings (SSSR count). The number of rotatable bonds is 6. The largest absolute Gasteiger partial charge is 0.444 e. The van der Waals surface area contributed by atoms with Gasteiger partial charge in [0.1, 0.15) is 5.60 Å². The van der Waals surface area contributed by atoms with Crippen molar-refractivity contribution in [1.29, 1.82) is 0 Å². The monoisotopic (exact) mass is 295 g/mol. The lowest BCUT2D eigenvalue weighted by Gasteiger charge is -2.24. The summed E-state index contributed by atoms with van der Waals surface area (Å²) in [6.07, 6.45) is 1.01. The Kier molecular flexibility index (Phi) is 6.79. The quantitative estimate of drug-likeness (QED) is 0.757. The van der Waals surface area contributed by atoms with E-state index in [4.69, 9.17) is 8.92 Å². The number of hydrogen-bond acceptors (Lipinski definition) is 5. The van der Waals surface area contributed by atoms with E-state index in [1.165, 1.54) is 0 Å². The van der Waals surface area contributed by atoms with Gasteiger partial charge in [-0.15, -0.1) is 0 Å². The van der Waals surface area contributed by atoms with Gasteiger partial charge >= 0.3 is 6.09 Å². The summed E-state index contributed by atoms with van der Waals surface area (Å²) in [6.45, 7) is 9.15. The molecule has 1 N–H and O–H groups in total. The molecule has 0 bridgehead atoms. The molecule has 114 valence electrons. The summed E-state index contributed by atoms with van der Waals surface area (Å²) in [4.78, 5) is 11.6. The molecule has 0 spiro atoms. The molecule has 0 aliphatic carbocycles. The van der Waals surface area contributed by atoms with Gasteiger partial charge in [0.15, 0.2) is 0 Å². The predicted octanol–water partition coefficient (Wildman–Crippen LogP) is 1.90. The molecule has 6 nitrogen and oxygen atoms in total. The highest BCUT2D eigenvalue weighted by Crippen LogP contribution is 2.10. The van der Waals surface area contributed by atoms with Crippen molar-refractivity contribution in [2.24, 2.45) is 5.92 Å². The first-order valence-electron chi connectivity index (χ1n) is 6.23. The minimum absolute atomic E-state index is 0.0870.